The van der Waals surface area contributed by atoms with E-state index in [-0.39, 0.29) is 12.2 Å². The lowest BCUT2D eigenvalue weighted by Gasteiger charge is -2.56. The van der Waals surface area contributed by atoms with Crippen LogP contribution in [0.15, 0.2) is 0 Å². The first-order valence-corrected chi connectivity index (χ1v) is 17.0. The fraction of sp³-hybridized carbons (Fsp3) is 1.00. The van der Waals surface area contributed by atoms with Crippen LogP contribution in [0.2, 0.25) is 0 Å². The standard InChI is InChI=1S/C34H61NO2/c1-24-8-16-29(17-9-24)35(33-7-5-4-6-25(33)2)30-18-10-26(11-19-30)34(3,27-12-20-31(36)21-13-27)28-14-22-32(37)23-15-28/h24-33,36-37H,4-23H2,1-3H3. The second-order valence-electron chi connectivity index (χ2n) is 15.1. The van der Waals surface area contributed by atoms with Gasteiger partial charge in [0.25, 0.3) is 0 Å². The molecule has 0 spiro atoms. The third-order valence-electron chi connectivity index (χ3n) is 13.0. The van der Waals surface area contributed by atoms with Crippen LogP contribution in [0.1, 0.15) is 149 Å². The van der Waals surface area contributed by atoms with E-state index in [1.165, 1.54) is 103 Å². The van der Waals surface area contributed by atoms with E-state index in [1.54, 1.807) is 0 Å². The molecule has 0 bridgehead atoms. The van der Waals surface area contributed by atoms with E-state index in [0.717, 1.165) is 73.4 Å². The van der Waals surface area contributed by atoms with Gasteiger partial charge in [-0.15, -0.1) is 0 Å². The van der Waals surface area contributed by atoms with E-state index >= 15 is 0 Å². The van der Waals surface area contributed by atoms with Crippen molar-refractivity contribution in [3.8, 4) is 0 Å². The third-order valence-corrected chi connectivity index (χ3v) is 13.0. The molecule has 2 unspecified atom stereocenters. The fourth-order valence-corrected chi connectivity index (χ4v) is 10.5. The predicted molar refractivity (Wildman–Crippen MR) is 154 cm³/mol. The Morgan fingerprint density at radius 2 is 0.919 bits per heavy atom. The molecule has 3 heteroatoms. The lowest BCUT2D eigenvalue weighted by atomic mass is 9.52. The number of aliphatic hydroxyl groups excluding tert-OH is 2. The van der Waals surface area contributed by atoms with Gasteiger partial charge in [-0.3, -0.25) is 4.90 Å². The average molecular weight is 516 g/mol. The molecule has 2 N–H and O–H groups in total. The van der Waals surface area contributed by atoms with E-state index in [0.29, 0.717) is 5.41 Å². The van der Waals surface area contributed by atoms with Gasteiger partial charge in [-0.25, -0.2) is 0 Å². The predicted octanol–water partition coefficient (Wildman–Crippen LogP) is 8.11. The molecule has 0 radical (unpaired) electrons. The number of nitrogens with zero attached hydrogens (tertiary/aromatic N) is 1. The van der Waals surface area contributed by atoms with Gasteiger partial charge in [-0.05, 0) is 151 Å². The molecule has 0 saturated heterocycles. The van der Waals surface area contributed by atoms with Crippen LogP contribution in [0, 0.1) is 35.0 Å². The Bertz CT molecular complexity index is 656. The molecular formula is C34H61NO2. The quantitative estimate of drug-likeness (QED) is 0.375. The molecule has 5 saturated carbocycles. The topological polar surface area (TPSA) is 43.7 Å². The van der Waals surface area contributed by atoms with Crippen molar-refractivity contribution in [1.82, 2.24) is 4.90 Å². The maximum atomic E-state index is 10.3. The summed E-state index contributed by atoms with van der Waals surface area (Å²) in [6, 6.07) is 2.49. The van der Waals surface area contributed by atoms with Gasteiger partial charge in [0, 0.05) is 18.1 Å². The van der Waals surface area contributed by atoms with Gasteiger partial charge in [-0.1, -0.05) is 33.6 Å². The molecule has 0 aromatic carbocycles. The summed E-state index contributed by atoms with van der Waals surface area (Å²) in [7, 11) is 0. The summed E-state index contributed by atoms with van der Waals surface area (Å²) in [5.41, 5.74) is 0.397. The van der Waals surface area contributed by atoms with Crippen LogP contribution >= 0.6 is 0 Å². The molecule has 214 valence electrons. The van der Waals surface area contributed by atoms with Crippen molar-refractivity contribution >= 4 is 0 Å². The van der Waals surface area contributed by atoms with Gasteiger partial charge in [0.15, 0.2) is 0 Å². The second kappa shape index (κ2) is 12.6. The molecule has 0 aromatic rings. The Kier molecular flexibility index (Phi) is 9.67. The SMILES string of the molecule is CC1CCC(N(C2CCC(C(C)(C3CCC(O)CC3)C3CCC(O)CC3)CC2)C2CCCCC2C)CC1. The van der Waals surface area contributed by atoms with Crippen LogP contribution in [0.3, 0.4) is 0 Å². The number of aliphatic hydroxyl groups is 2. The maximum absolute atomic E-state index is 10.3. The Morgan fingerprint density at radius 3 is 1.38 bits per heavy atom. The molecule has 0 heterocycles. The minimum atomic E-state index is -0.0614. The first kappa shape index (κ1) is 28.4. The minimum absolute atomic E-state index is 0.0614. The molecule has 3 nitrogen and oxygen atoms in total. The largest absolute Gasteiger partial charge is 0.393 e. The zero-order valence-corrected chi connectivity index (χ0v) is 24.8. The summed E-state index contributed by atoms with van der Waals surface area (Å²) in [5.74, 6) is 4.18. The average Bonchev–Trinajstić information content (AvgIpc) is 2.92. The van der Waals surface area contributed by atoms with Crippen LogP contribution in [-0.2, 0) is 0 Å². The van der Waals surface area contributed by atoms with E-state index < -0.39 is 0 Å². The van der Waals surface area contributed by atoms with E-state index in [1.807, 2.05) is 0 Å². The van der Waals surface area contributed by atoms with Crippen molar-refractivity contribution < 1.29 is 10.2 Å². The van der Waals surface area contributed by atoms with Crippen molar-refractivity contribution in [1.29, 1.82) is 0 Å². The molecule has 0 aliphatic heterocycles. The van der Waals surface area contributed by atoms with Crippen molar-refractivity contribution in [3.63, 3.8) is 0 Å². The van der Waals surface area contributed by atoms with Crippen molar-refractivity contribution in [2.75, 3.05) is 0 Å². The molecule has 5 aliphatic rings. The molecule has 5 aliphatic carbocycles. The first-order valence-electron chi connectivity index (χ1n) is 17.0. The zero-order chi connectivity index (χ0) is 26.0. The number of rotatable bonds is 6. The monoisotopic (exact) mass is 515 g/mol. The Labute approximate surface area is 229 Å². The molecular weight excluding hydrogens is 454 g/mol. The van der Waals surface area contributed by atoms with Gasteiger partial charge in [0.2, 0.25) is 0 Å². The Morgan fingerprint density at radius 1 is 0.514 bits per heavy atom. The Balaban J connectivity index is 1.31. The zero-order valence-electron chi connectivity index (χ0n) is 24.8. The molecule has 5 rings (SSSR count). The van der Waals surface area contributed by atoms with Crippen molar-refractivity contribution in [2.45, 2.75) is 180 Å². The van der Waals surface area contributed by atoms with Gasteiger partial charge in [0.1, 0.15) is 0 Å². The Hall–Kier alpha value is -0.120. The lowest BCUT2D eigenvalue weighted by molar-refractivity contribution is -0.0737. The summed E-state index contributed by atoms with van der Waals surface area (Å²) in [6.45, 7) is 7.73. The first-order chi connectivity index (χ1) is 17.9. The molecule has 0 aromatic heterocycles. The summed E-state index contributed by atoms with van der Waals surface area (Å²) < 4.78 is 0. The lowest BCUT2D eigenvalue weighted by Crippen LogP contribution is -2.55. The molecule has 5 fully saturated rings. The highest BCUT2D eigenvalue weighted by molar-refractivity contribution is 5.01. The highest BCUT2D eigenvalue weighted by Crippen LogP contribution is 2.57. The molecule has 0 amide bonds. The van der Waals surface area contributed by atoms with E-state index in [2.05, 4.69) is 25.7 Å². The fourth-order valence-electron chi connectivity index (χ4n) is 10.5. The summed E-state index contributed by atoms with van der Waals surface area (Å²) >= 11 is 0. The van der Waals surface area contributed by atoms with Crippen molar-refractivity contribution in [2.24, 2.45) is 35.0 Å². The smallest absolute Gasteiger partial charge is 0.0540 e. The summed E-state index contributed by atoms with van der Waals surface area (Å²) in [4.78, 5) is 3.16. The van der Waals surface area contributed by atoms with Crippen molar-refractivity contribution in [3.05, 3.63) is 0 Å². The van der Waals surface area contributed by atoms with Gasteiger partial charge in [0.05, 0.1) is 12.2 Å². The van der Waals surface area contributed by atoms with Crippen LogP contribution in [0.25, 0.3) is 0 Å². The molecule has 37 heavy (non-hydrogen) atoms. The van der Waals surface area contributed by atoms with E-state index in [9.17, 15) is 10.2 Å². The summed E-state index contributed by atoms with van der Waals surface area (Å²) in [5, 5.41) is 20.6. The number of hydrogen-bond donors (Lipinski definition) is 2. The van der Waals surface area contributed by atoms with E-state index in [4.69, 9.17) is 0 Å². The van der Waals surface area contributed by atoms with Crippen LogP contribution in [-0.4, -0.2) is 45.4 Å². The highest BCUT2D eigenvalue weighted by Gasteiger charge is 2.50. The second-order valence-corrected chi connectivity index (χ2v) is 15.1. The van der Waals surface area contributed by atoms with Crippen LogP contribution in [0.5, 0.6) is 0 Å². The number of hydrogen-bond acceptors (Lipinski definition) is 3. The van der Waals surface area contributed by atoms with Gasteiger partial charge < -0.3 is 10.2 Å². The van der Waals surface area contributed by atoms with Gasteiger partial charge >= 0.3 is 0 Å². The van der Waals surface area contributed by atoms with Crippen LogP contribution < -0.4 is 0 Å². The molecule has 2 atom stereocenters. The van der Waals surface area contributed by atoms with Gasteiger partial charge in [-0.2, -0.15) is 0 Å². The highest BCUT2D eigenvalue weighted by atomic mass is 16.3. The van der Waals surface area contributed by atoms with Crippen LogP contribution in [0.4, 0.5) is 0 Å². The minimum Gasteiger partial charge on any atom is -0.393 e. The maximum Gasteiger partial charge on any atom is 0.0540 e. The summed E-state index contributed by atoms with van der Waals surface area (Å²) in [6.07, 6.45) is 26.0. The third kappa shape index (κ3) is 6.30. The normalized spacial score (nSPS) is 45.9.